The van der Waals surface area contributed by atoms with E-state index in [1.807, 2.05) is 33.7 Å². The van der Waals surface area contributed by atoms with Gasteiger partial charge in [-0.15, -0.1) is 11.3 Å². The maximum absolute atomic E-state index is 6.01. The molecule has 2 aromatic heterocycles. The first-order valence-corrected chi connectivity index (χ1v) is 6.72. The highest BCUT2D eigenvalue weighted by Crippen LogP contribution is 2.20. The predicted molar refractivity (Wildman–Crippen MR) is 73.3 cm³/mol. The van der Waals surface area contributed by atoms with Crippen LogP contribution in [0, 0.1) is 4.77 Å². The van der Waals surface area contributed by atoms with E-state index in [1.54, 1.807) is 11.3 Å². The molecule has 1 N–H and O–H groups in total. The Balaban J connectivity index is 2.17. The Labute approximate surface area is 112 Å². The van der Waals surface area contributed by atoms with Gasteiger partial charge in [-0.05, 0) is 30.4 Å². The van der Waals surface area contributed by atoms with Crippen molar-refractivity contribution in [3.8, 4) is 0 Å². The lowest BCUT2D eigenvalue weighted by Crippen LogP contribution is -1.99. The van der Waals surface area contributed by atoms with Crippen LogP contribution in [-0.4, -0.2) is 14.5 Å². The van der Waals surface area contributed by atoms with Crippen LogP contribution >= 0.6 is 35.2 Å². The average molecular weight is 282 g/mol. The van der Waals surface area contributed by atoms with Gasteiger partial charge in [0.25, 0.3) is 0 Å². The minimum Gasteiger partial charge on any atom is -0.331 e. The molecular weight excluding hydrogens is 274 g/mol. The van der Waals surface area contributed by atoms with E-state index in [0.29, 0.717) is 16.3 Å². The van der Waals surface area contributed by atoms with Crippen molar-refractivity contribution >= 4 is 46.2 Å². The summed E-state index contributed by atoms with van der Waals surface area (Å²) in [5.41, 5.74) is 4.83. The molecule has 1 aromatic carbocycles. The van der Waals surface area contributed by atoms with Gasteiger partial charge in [-0.3, -0.25) is 0 Å². The van der Waals surface area contributed by atoms with Crippen LogP contribution in [0.4, 0.5) is 0 Å². The van der Waals surface area contributed by atoms with Gasteiger partial charge in [0.05, 0.1) is 28.8 Å². The topological polar surface area (TPSA) is 33.6 Å². The average Bonchev–Trinajstić information content (AvgIpc) is 2.90. The van der Waals surface area contributed by atoms with Gasteiger partial charge < -0.3 is 9.55 Å². The number of thiazole rings is 1. The Morgan fingerprint density at radius 3 is 3.12 bits per heavy atom. The molecule has 0 atom stereocenters. The molecule has 0 aliphatic carbocycles. The van der Waals surface area contributed by atoms with E-state index in [2.05, 4.69) is 9.97 Å². The summed E-state index contributed by atoms with van der Waals surface area (Å²) in [4.78, 5) is 7.43. The van der Waals surface area contributed by atoms with E-state index >= 15 is 0 Å². The predicted octanol–water partition coefficient (Wildman–Crippen LogP) is 3.86. The smallest absolute Gasteiger partial charge is 0.178 e. The van der Waals surface area contributed by atoms with Crippen molar-refractivity contribution in [1.29, 1.82) is 0 Å². The minimum absolute atomic E-state index is 0.669. The first kappa shape index (κ1) is 11.0. The molecule has 3 rings (SSSR count). The Morgan fingerprint density at radius 1 is 1.47 bits per heavy atom. The van der Waals surface area contributed by atoms with Crippen molar-refractivity contribution < 1.29 is 0 Å². The normalized spacial score (nSPS) is 11.1. The van der Waals surface area contributed by atoms with Crippen LogP contribution in [0.1, 0.15) is 5.69 Å². The molecule has 0 aliphatic rings. The largest absolute Gasteiger partial charge is 0.331 e. The number of benzene rings is 1. The molecule has 0 radical (unpaired) electrons. The molecule has 86 valence electrons. The number of H-pyrrole nitrogens is 1. The standard InChI is InChI=1S/C11H8ClN3S2/c12-7-1-2-9-10(3-7)15(11(16)14-9)4-8-5-17-6-13-8/h1-3,5-6H,4H2,(H,14,16). The van der Waals surface area contributed by atoms with Gasteiger partial charge in [0, 0.05) is 10.4 Å². The number of aromatic nitrogens is 3. The van der Waals surface area contributed by atoms with Crippen LogP contribution in [0.5, 0.6) is 0 Å². The number of imidazole rings is 1. The van der Waals surface area contributed by atoms with Crippen LogP contribution in [0.25, 0.3) is 11.0 Å². The number of hydrogen-bond acceptors (Lipinski definition) is 3. The molecule has 0 spiro atoms. The van der Waals surface area contributed by atoms with E-state index in [-0.39, 0.29) is 0 Å². The van der Waals surface area contributed by atoms with Gasteiger partial charge in [-0.25, -0.2) is 4.98 Å². The van der Waals surface area contributed by atoms with E-state index < -0.39 is 0 Å². The van der Waals surface area contributed by atoms with Gasteiger partial charge in [0.15, 0.2) is 4.77 Å². The quantitative estimate of drug-likeness (QED) is 0.724. The third-order valence-corrected chi connectivity index (χ3v) is 3.73. The van der Waals surface area contributed by atoms with Crippen LogP contribution in [-0.2, 0) is 6.54 Å². The van der Waals surface area contributed by atoms with Crippen molar-refractivity contribution in [1.82, 2.24) is 14.5 Å². The highest BCUT2D eigenvalue weighted by molar-refractivity contribution is 7.71. The van der Waals surface area contributed by atoms with Crippen LogP contribution < -0.4 is 0 Å². The SMILES string of the molecule is S=c1[nH]c2ccc(Cl)cc2n1Cc1cscn1. The first-order valence-electron chi connectivity index (χ1n) is 4.99. The molecule has 0 saturated heterocycles. The van der Waals surface area contributed by atoms with Gasteiger partial charge in [0.1, 0.15) is 0 Å². The number of nitrogens with one attached hydrogen (secondary N) is 1. The monoisotopic (exact) mass is 281 g/mol. The van der Waals surface area contributed by atoms with Crippen molar-refractivity contribution in [2.75, 3.05) is 0 Å². The number of aromatic amines is 1. The summed E-state index contributed by atoms with van der Waals surface area (Å²) in [6.45, 7) is 0.669. The van der Waals surface area contributed by atoms with E-state index in [4.69, 9.17) is 23.8 Å². The summed E-state index contributed by atoms with van der Waals surface area (Å²) in [7, 11) is 0. The second-order valence-corrected chi connectivity index (χ2v) is 5.20. The summed E-state index contributed by atoms with van der Waals surface area (Å²) >= 11 is 12.9. The second kappa shape index (κ2) is 4.25. The van der Waals surface area contributed by atoms with Crippen LogP contribution in [0.15, 0.2) is 29.1 Å². The molecule has 0 amide bonds. The fourth-order valence-corrected chi connectivity index (χ4v) is 2.75. The van der Waals surface area contributed by atoms with Gasteiger partial charge >= 0.3 is 0 Å². The third kappa shape index (κ3) is 2.01. The van der Waals surface area contributed by atoms with Gasteiger partial charge in [0.2, 0.25) is 0 Å². The maximum Gasteiger partial charge on any atom is 0.178 e. The molecular formula is C11H8ClN3S2. The summed E-state index contributed by atoms with van der Waals surface area (Å²) in [6.07, 6.45) is 0. The molecule has 3 nitrogen and oxygen atoms in total. The lowest BCUT2D eigenvalue weighted by molar-refractivity contribution is 0.791. The lowest BCUT2D eigenvalue weighted by atomic mass is 10.3. The molecule has 0 bridgehead atoms. The van der Waals surface area contributed by atoms with Gasteiger partial charge in [-0.1, -0.05) is 11.6 Å². The first-order chi connectivity index (χ1) is 8.24. The molecule has 2 heterocycles. The van der Waals surface area contributed by atoms with E-state index in [1.165, 1.54) is 0 Å². The van der Waals surface area contributed by atoms with Gasteiger partial charge in [-0.2, -0.15) is 0 Å². The number of fused-ring (bicyclic) bond motifs is 1. The van der Waals surface area contributed by atoms with Crippen LogP contribution in [0.2, 0.25) is 5.02 Å². The molecule has 0 unspecified atom stereocenters. The Kier molecular flexibility index (Phi) is 2.74. The Morgan fingerprint density at radius 2 is 2.35 bits per heavy atom. The van der Waals surface area contributed by atoms with Crippen molar-refractivity contribution in [2.24, 2.45) is 0 Å². The molecule has 17 heavy (non-hydrogen) atoms. The van der Waals surface area contributed by atoms with Crippen molar-refractivity contribution in [2.45, 2.75) is 6.54 Å². The molecule has 0 fully saturated rings. The number of nitrogens with zero attached hydrogens (tertiary/aromatic N) is 2. The van der Waals surface area contributed by atoms with E-state index in [0.717, 1.165) is 16.7 Å². The molecule has 0 saturated carbocycles. The zero-order valence-electron chi connectivity index (χ0n) is 8.68. The fraction of sp³-hybridized carbons (Fsp3) is 0.0909. The summed E-state index contributed by atoms with van der Waals surface area (Å²) in [5, 5.41) is 2.73. The van der Waals surface area contributed by atoms with Crippen molar-refractivity contribution in [3.05, 3.63) is 44.6 Å². The third-order valence-electron chi connectivity index (χ3n) is 2.54. The van der Waals surface area contributed by atoms with Crippen LogP contribution in [0.3, 0.4) is 0 Å². The van der Waals surface area contributed by atoms with E-state index in [9.17, 15) is 0 Å². The number of hydrogen-bond donors (Lipinski definition) is 1. The Hall–Kier alpha value is -1.17. The summed E-state index contributed by atoms with van der Waals surface area (Å²) < 4.78 is 2.70. The summed E-state index contributed by atoms with van der Waals surface area (Å²) in [5.74, 6) is 0. The van der Waals surface area contributed by atoms with Crippen molar-refractivity contribution in [3.63, 3.8) is 0 Å². The fourth-order valence-electron chi connectivity index (χ4n) is 1.76. The molecule has 6 heteroatoms. The summed E-state index contributed by atoms with van der Waals surface area (Å²) in [6, 6.07) is 5.70. The lowest BCUT2D eigenvalue weighted by Gasteiger charge is -2.01. The highest BCUT2D eigenvalue weighted by Gasteiger charge is 2.06. The zero-order valence-corrected chi connectivity index (χ0v) is 11.1. The molecule has 3 aromatic rings. The maximum atomic E-state index is 6.01. The number of rotatable bonds is 2. The number of halogens is 1. The molecule has 0 aliphatic heterocycles. The highest BCUT2D eigenvalue weighted by atomic mass is 35.5. The second-order valence-electron chi connectivity index (χ2n) is 3.66. The minimum atomic E-state index is 0.669. The Bertz CT molecular complexity index is 712. The zero-order chi connectivity index (χ0) is 11.8.